The quantitative estimate of drug-likeness (QED) is 0.341. The van der Waals surface area contributed by atoms with Crippen molar-refractivity contribution in [1.29, 1.82) is 0 Å². The summed E-state index contributed by atoms with van der Waals surface area (Å²) in [6.45, 7) is 0.757. The number of rotatable bonds is 9. The van der Waals surface area contributed by atoms with Crippen LogP contribution in [0.15, 0.2) is 91.1 Å². The number of carbonyl (C=O) groups excluding carboxylic acids is 1. The molecule has 0 bridgehead atoms. The van der Waals surface area contributed by atoms with Crippen molar-refractivity contribution in [3.63, 3.8) is 0 Å². The molecule has 4 aromatic rings. The van der Waals surface area contributed by atoms with Gasteiger partial charge in [0.1, 0.15) is 13.2 Å². The van der Waals surface area contributed by atoms with Crippen LogP contribution in [0.4, 0.5) is 0 Å². The van der Waals surface area contributed by atoms with E-state index in [9.17, 15) is 4.79 Å². The minimum atomic E-state index is -0.430. The Kier molecular flexibility index (Phi) is 7.28. The molecule has 2 aromatic heterocycles. The van der Waals surface area contributed by atoms with Gasteiger partial charge in [0.05, 0.1) is 18.4 Å². The largest absolute Gasteiger partial charge is 0.473 e. The molecule has 0 fully saturated rings. The normalized spacial score (nSPS) is 10.5. The number of benzene rings is 2. The third-order valence-electron chi connectivity index (χ3n) is 5.01. The zero-order chi connectivity index (χ0) is 22.9. The van der Waals surface area contributed by atoms with Crippen molar-refractivity contribution < 1.29 is 19.0 Å². The van der Waals surface area contributed by atoms with Crippen molar-refractivity contribution in [2.45, 2.75) is 19.6 Å². The first-order chi connectivity index (χ1) is 16.2. The number of methoxy groups -OCH3 is 1. The SMILES string of the molecule is COC(=O)c1cccnc1Cc1ccc(OCc2ccccc2)nc1OCc1ccccc1. The number of carbonyl (C=O) groups is 1. The molecule has 0 amide bonds. The van der Waals surface area contributed by atoms with E-state index in [1.807, 2.05) is 66.7 Å². The van der Waals surface area contributed by atoms with E-state index in [1.165, 1.54) is 7.11 Å². The lowest BCUT2D eigenvalue weighted by Crippen LogP contribution is -2.09. The van der Waals surface area contributed by atoms with Crippen LogP contribution in [0, 0.1) is 0 Å². The van der Waals surface area contributed by atoms with Crippen molar-refractivity contribution >= 4 is 5.97 Å². The molecular formula is C27H24N2O4. The number of pyridine rings is 2. The Labute approximate surface area is 192 Å². The average molecular weight is 440 g/mol. The molecule has 2 aromatic carbocycles. The van der Waals surface area contributed by atoms with Crippen LogP contribution in [-0.2, 0) is 24.4 Å². The molecule has 4 rings (SSSR count). The van der Waals surface area contributed by atoms with E-state index in [1.54, 1.807) is 24.4 Å². The second-order valence-corrected chi connectivity index (χ2v) is 7.33. The molecule has 6 heteroatoms. The summed E-state index contributed by atoms with van der Waals surface area (Å²) in [5.41, 5.74) is 3.87. The molecule has 0 unspecified atom stereocenters. The average Bonchev–Trinajstić information content (AvgIpc) is 2.88. The number of hydrogen-bond donors (Lipinski definition) is 0. The molecular weight excluding hydrogens is 416 g/mol. The first-order valence-electron chi connectivity index (χ1n) is 10.6. The Balaban J connectivity index is 1.59. The maximum absolute atomic E-state index is 12.2. The van der Waals surface area contributed by atoms with Crippen LogP contribution in [0.2, 0.25) is 0 Å². The third kappa shape index (κ3) is 5.95. The fourth-order valence-electron chi connectivity index (χ4n) is 3.30. The second-order valence-electron chi connectivity index (χ2n) is 7.33. The highest BCUT2D eigenvalue weighted by atomic mass is 16.5. The third-order valence-corrected chi connectivity index (χ3v) is 5.01. The zero-order valence-electron chi connectivity index (χ0n) is 18.3. The van der Waals surface area contributed by atoms with E-state index in [-0.39, 0.29) is 0 Å². The number of ether oxygens (including phenoxy) is 3. The summed E-state index contributed by atoms with van der Waals surface area (Å²) in [5.74, 6) is 0.464. The molecule has 2 heterocycles. The smallest absolute Gasteiger partial charge is 0.339 e. The van der Waals surface area contributed by atoms with Gasteiger partial charge in [0, 0.05) is 24.2 Å². The molecule has 0 saturated heterocycles. The first-order valence-corrected chi connectivity index (χ1v) is 10.6. The Bertz CT molecular complexity index is 1200. The van der Waals surface area contributed by atoms with Crippen LogP contribution < -0.4 is 9.47 Å². The summed E-state index contributed by atoms with van der Waals surface area (Å²) in [6, 6.07) is 26.9. The zero-order valence-corrected chi connectivity index (χ0v) is 18.3. The standard InChI is InChI=1S/C27H24N2O4/c1-31-27(30)23-13-8-16-28-24(23)17-22-14-15-25(32-18-20-9-4-2-5-10-20)29-26(22)33-19-21-11-6-3-7-12-21/h2-16H,17-19H2,1H3. The van der Waals surface area contributed by atoms with E-state index >= 15 is 0 Å². The van der Waals surface area contributed by atoms with Crippen molar-refractivity contribution in [2.24, 2.45) is 0 Å². The van der Waals surface area contributed by atoms with Gasteiger partial charge in [-0.25, -0.2) is 4.79 Å². The summed E-state index contributed by atoms with van der Waals surface area (Å²) in [4.78, 5) is 21.2. The fourth-order valence-corrected chi connectivity index (χ4v) is 3.30. The summed E-state index contributed by atoms with van der Waals surface area (Å²) in [6.07, 6.45) is 2.01. The molecule has 0 saturated carbocycles. The summed E-state index contributed by atoms with van der Waals surface area (Å²) in [7, 11) is 1.36. The molecule has 0 N–H and O–H groups in total. The van der Waals surface area contributed by atoms with Crippen LogP contribution in [0.25, 0.3) is 0 Å². The lowest BCUT2D eigenvalue weighted by molar-refractivity contribution is 0.0599. The van der Waals surface area contributed by atoms with Gasteiger partial charge in [-0.05, 0) is 29.3 Å². The second kappa shape index (κ2) is 10.9. The molecule has 0 radical (unpaired) electrons. The summed E-state index contributed by atoms with van der Waals surface area (Å²) < 4.78 is 16.9. The van der Waals surface area contributed by atoms with Gasteiger partial charge in [-0.2, -0.15) is 4.98 Å². The van der Waals surface area contributed by atoms with Crippen LogP contribution in [-0.4, -0.2) is 23.0 Å². The van der Waals surface area contributed by atoms with Crippen LogP contribution in [0.1, 0.15) is 32.7 Å². The van der Waals surface area contributed by atoms with E-state index in [0.29, 0.717) is 42.7 Å². The lowest BCUT2D eigenvalue weighted by atomic mass is 10.1. The van der Waals surface area contributed by atoms with Crippen molar-refractivity contribution in [3.8, 4) is 11.8 Å². The van der Waals surface area contributed by atoms with Crippen molar-refractivity contribution in [3.05, 3.63) is 119 Å². The van der Waals surface area contributed by atoms with E-state index in [0.717, 1.165) is 16.7 Å². The highest BCUT2D eigenvalue weighted by molar-refractivity contribution is 5.90. The number of aromatic nitrogens is 2. The van der Waals surface area contributed by atoms with Gasteiger partial charge in [-0.15, -0.1) is 0 Å². The van der Waals surface area contributed by atoms with Crippen LogP contribution in [0.5, 0.6) is 11.8 Å². The molecule has 0 atom stereocenters. The van der Waals surface area contributed by atoms with E-state index < -0.39 is 5.97 Å². The van der Waals surface area contributed by atoms with Gasteiger partial charge in [0.2, 0.25) is 11.8 Å². The maximum atomic E-state index is 12.2. The molecule has 0 aliphatic rings. The Morgan fingerprint density at radius 3 is 2.12 bits per heavy atom. The Hall–Kier alpha value is -4.19. The van der Waals surface area contributed by atoms with Crippen LogP contribution >= 0.6 is 0 Å². The Morgan fingerprint density at radius 2 is 1.45 bits per heavy atom. The molecule has 166 valence electrons. The van der Waals surface area contributed by atoms with E-state index in [2.05, 4.69) is 9.97 Å². The highest BCUT2D eigenvalue weighted by Gasteiger charge is 2.16. The fraction of sp³-hybridized carbons (Fsp3) is 0.148. The summed E-state index contributed by atoms with van der Waals surface area (Å²) in [5, 5.41) is 0. The van der Waals surface area contributed by atoms with E-state index in [4.69, 9.17) is 14.2 Å². The molecule has 0 aliphatic carbocycles. The molecule has 6 nitrogen and oxygen atoms in total. The maximum Gasteiger partial charge on any atom is 0.339 e. The predicted octanol–water partition coefficient (Wildman–Crippen LogP) is 5.01. The highest BCUT2D eigenvalue weighted by Crippen LogP contribution is 2.25. The lowest BCUT2D eigenvalue weighted by Gasteiger charge is -2.14. The summed E-state index contributed by atoms with van der Waals surface area (Å²) >= 11 is 0. The number of esters is 1. The topological polar surface area (TPSA) is 70.5 Å². The Morgan fingerprint density at radius 1 is 0.788 bits per heavy atom. The van der Waals surface area contributed by atoms with Gasteiger partial charge >= 0.3 is 5.97 Å². The van der Waals surface area contributed by atoms with Crippen molar-refractivity contribution in [1.82, 2.24) is 9.97 Å². The first kappa shape index (κ1) is 22.0. The van der Waals surface area contributed by atoms with Gasteiger partial charge in [0.15, 0.2) is 0 Å². The monoisotopic (exact) mass is 440 g/mol. The minimum absolute atomic E-state index is 0.356. The van der Waals surface area contributed by atoms with Gasteiger partial charge < -0.3 is 14.2 Å². The number of hydrogen-bond acceptors (Lipinski definition) is 6. The van der Waals surface area contributed by atoms with Gasteiger partial charge in [-0.1, -0.05) is 60.7 Å². The minimum Gasteiger partial charge on any atom is -0.473 e. The van der Waals surface area contributed by atoms with Crippen molar-refractivity contribution in [2.75, 3.05) is 7.11 Å². The molecule has 0 aliphatic heterocycles. The number of nitrogens with zero attached hydrogens (tertiary/aromatic N) is 2. The molecule has 0 spiro atoms. The predicted molar refractivity (Wildman–Crippen MR) is 124 cm³/mol. The van der Waals surface area contributed by atoms with Gasteiger partial charge in [0.25, 0.3) is 0 Å². The van der Waals surface area contributed by atoms with Crippen LogP contribution in [0.3, 0.4) is 0 Å². The molecule has 33 heavy (non-hydrogen) atoms. The van der Waals surface area contributed by atoms with Gasteiger partial charge in [-0.3, -0.25) is 4.98 Å².